The standard InChI is InChI=1S/C50H63N7O8/c1-9-43(59)55-19-16-33(27-55)47(61)54(7)44(30(3)4)46(60)52-41-22-31-20-35(23-36(58)21-31)32-13-14-42-37(24-32)38(45(56(42)10-2)39-26-51-17-15-34(39)28-64-8)25-50(5,6)29-65-49(63)40-12-11-18-57(53-40)48(41)62/h9,13-15,17,20-21,23-24,26,30,33,40-41,44,53,58H,1,10-12,16,18-19,22,25,27-29H2,2-8H3,(H,52,60)/t33-,40-,41-,44-/m0/s1. The Hall–Kier alpha value is -6.06. The van der Waals surface area contributed by atoms with Gasteiger partial charge in [-0.15, -0.1) is 0 Å². The number of aryl methyl sites for hydroxylation is 1. The van der Waals surface area contributed by atoms with Crippen molar-refractivity contribution in [3.8, 4) is 28.1 Å². The smallest absolute Gasteiger partial charge is 0.324 e. The highest BCUT2D eigenvalue weighted by atomic mass is 16.5. The van der Waals surface area contributed by atoms with Crippen LogP contribution in [0.15, 0.2) is 67.5 Å². The maximum Gasteiger partial charge on any atom is 0.324 e. The molecule has 4 atom stereocenters. The van der Waals surface area contributed by atoms with Crippen LogP contribution in [-0.2, 0) is 59.4 Å². The normalized spacial score (nSPS) is 20.6. The van der Waals surface area contributed by atoms with Gasteiger partial charge >= 0.3 is 5.97 Å². The summed E-state index contributed by atoms with van der Waals surface area (Å²) in [6.07, 6.45) is 6.80. The van der Waals surface area contributed by atoms with Gasteiger partial charge in [-0.05, 0) is 103 Å². The molecular weight excluding hydrogens is 827 g/mol. The summed E-state index contributed by atoms with van der Waals surface area (Å²) in [4.78, 5) is 76.8. The minimum atomic E-state index is -1.16. The van der Waals surface area contributed by atoms with Crippen LogP contribution in [0.1, 0.15) is 70.6 Å². The number of likely N-dealkylation sites (N-methyl/N-ethyl adjacent to an activating group) is 1. The van der Waals surface area contributed by atoms with Crippen molar-refractivity contribution in [2.24, 2.45) is 17.3 Å². The number of amides is 4. The van der Waals surface area contributed by atoms with E-state index in [1.807, 2.05) is 38.2 Å². The van der Waals surface area contributed by atoms with Crippen LogP contribution in [0.3, 0.4) is 0 Å². The summed E-state index contributed by atoms with van der Waals surface area (Å²) in [6, 6.07) is 10.5. The summed E-state index contributed by atoms with van der Waals surface area (Å²) in [6.45, 7) is 15.6. The highest BCUT2D eigenvalue weighted by Crippen LogP contribution is 2.41. The number of hydrogen-bond acceptors (Lipinski definition) is 10. The van der Waals surface area contributed by atoms with E-state index in [2.05, 4.69) is 59.8 Å². The molecule has 4 aromatic rings. The number of methoxy groups -OCH3 is 1. The van der Waals surface area contributed by atoms with E-state index >= 15 is 0 Å². The number of pyridine rings is 1. The van der Waals surface area contributed by atoms with Gasteiger partial charge in [0.25, 0.3) is 5.91 Å². The number of carbonyl (C=O) groups excluding carboxylic acids is 5. The van der Waals surface area contributed by atoms with Crippen molar-refractivity contribution in [2.75, 3.05) is 40.4 Å². The number of cyclic esters (lactones) is 1. The van der Waals surface area contributed by atoms with Crippen molar-refractivity contribution in [3.63, 3.8) is 0 Å². The number of hydrogen-bond donors (Lipinski definition) is 3. The first-order valence-corrected chi connectivity index (χ1v) is 22.7. The Kier molecular flexibility index (Phi) is 14.1. The van der Waals surface area contributed by atoms with Crippen molar-refractivity contribution in [1.82, 2.24) is 35.1 Å². The second kappa shape index (κ2) is 19.6. The predicted molar refractivity (Wildman–Crippen MR) is 247 cm³/mol. The lowest BCUT2D eigenvalue weighted by atomic mass is 9.84. The van der Waals surface area contributed by atoms with Gasteiger partial charge < -0.3 is 34.3 Å². The maximum atomic E-state index is 14.7. The largest absolute Gasteiger partial charge is 0.508 e. The Bertz CT molecular complexity index is 2480. The SMILES string of the molecule is C=CC(=O)N1CC[C@H](C(=O)N(C)[C@H](C(=O)N[C@H]2Cc3cc(O)cc(c3)-c3ccc4c(c3)c(c(-c3cnccc3COC)n4CC)CC(C)(C)COC(=O)[C@@H]3CCCN(N3)C2=O)C(C)C)C1. The van der Waals surface area contributed by atoms with Crippen LogP contribution in [0.4, 0.5) is 0 Å². The molecule has 2 aromatic heterocycles. The summed E-state index contributed by atoms with van der Waals surface area (Å²) >= 11 is 0. The number of aromatic nitrogens is 2. The van der Waals surface area contributed by atoms with Gasteiger partial charge in [-0.3, -0.25) is 34.0 Å². The first kappa shape index (κ1) is 46.9. The number of likely N-dealkylation sites (tertiary alicyclic amines) is 1. The van der Waals surface area contributed by atoms with Crippen LogP contribution >= 0.6 is 0 Å². The molecule has 2 aromatic carbocycles. The molecule has 0 spiro atoms. The monoisotopic (exact) mass is 889 g/mol. The molecule has 0 unspecified atom stereocenters. The van der Waals surface area contributed by atoms with Gasteiger partial charge in [0.1, 0.15) is 23.9 Å². The van der Waals surface area contributed by atoms with Crippen molar-refractivity contribution in [1.29, 1.82) is 0 Å². The fraction of sp³-hybridized carbons (Fsp3) is 0.480. The van der Waals surface area contributed by atoms with Gasteiger partial charge in [-0.1, -0.05) is 46.4 Å². The highest BCUT2D eigenvalue weighted by Gasteiger charge is 2.40. The van der Waals surface area contributed by atoms with Crippen LogP contribution in [0.25, 0.3) is 33.3 Å². The van der Waals surface area contributed by atoms with Crippen LogP contribution < -0.4 is 10.7 Å². The second-order valence-electron chi connectivity index (χ2n) is 18.8. The third kappa shape index (κ3) is 9.96. The van der Waals surface area contributed by atoms with E-state index in [0.29, 0.717) is 56.5 Å². The molecule has 6 bridgehead atoms. The number of rotatable bonds is 10. The Morgan fingerprint density at radius 3 is 2.62 bits per heavy atom. The van der Waals surface area contributed by atoms with Crippen LogP contribution in [0, 0.1) is 17.3 Å². The number of phenols is 1. The molecule has 0 radical (unpaired) electrons. The molecule has 3 N–H and O–H groups in total. The molecule has 3 aliphatic rings. The number of nitrogens with one attached hydrogen (secondary N) is 2. The van der Waals surface area contributed by atoms with E-state index in [0.717, 1.165) is 38.9 Å². The van der Waals surface area contributed by atoms with Crippen LogP contribution in [0.2, 0.25) is 0 Å². The van der Waals surface area contributed by atoms with E-state index in [-0.39, 0.29) is 49.6 Å². The number of carbonyl (C=O) groups is 5. The second-order valence-corrected chi connectivity index (χ2v) is 18.8. The molecule has 346 valence electrons. The molecule has 15 nitrogen and oxygen atoms in total. The lowest BCUT2D eigenvalue weighted by Crippen LogP contribution is -2.62. The Labute approximate surface area is 381 Å². The molecule has 15 heteroatoms. The molecule has 0 aliphatic carbocycles. The summed E-state index contributed by atoms with van der Waals surface area (Å²) in [5.74, 6) is -2.86. The van der Waals surface area contributed by atoms with Crippen molar-refractivity contribution in [3.05, 3.63) is 84.2 Å². The number of hydrazine groups is 1. The summed E-state index contributed by atoms with van der Waals surface area (Å²) in [7, 11) is 3.25. The van der Waals surface area contributed by atoms with Crippen molar-refractivity contribution < 1.29 is 38.6 Å². The minimum Gasteiger partial charge on any atom is -0.508 e. The third-order valence-corrected chi connectivity index (χ3v) is 13.0. The molecule has 3 aliphatic heterocycles. The van der Waals surface area contributed by atoms with Crippen LogP contribution in [-0.4, -0.2) is 118 Å². The molecule has 5 heterocycles. The first-order valence-electron chi connectivity index (χ1n) is 22.7. The zero-order valence-electron chi connectivity index (χ0n) is 38.7. The number of fused-ring (bicyclic) bond motifs is 6. The van der Waals surface area contributed by atoms with Gasteiger partial charge in [0.2, 0.25) is 17.7 Å². The molecule has 4 amide bonds. The summed E-state index contributed by atoms with van der Waals surface area (Å²) in [5.41, 5.74) is 9.72. The Balaban J connectivity index is 1.30. The molecule has 2 saturated heterocycles. The van der Waals surface area contributed by atoms with Crippen molar-refractivity contribution in [2.45, 2.75) is 98.0 Å². The zero-order valence-corrected chi connectivity index (χ0v) is 38.7. The average molecular weight is 890 g/mol. The fourth-order valence-electron chi connectivity index (χ4n) is 9.83. The number of ether oxygens (including phenoxy) is 2. The maximum absolute atomic E-state index is 14.7. The molecular formula is C50H63N7O8. The number of phenolic OH excluding ortho intramolecular Hbond substituents is 1. The van der Waals surface area contributed by atoms with E-state index in [4.69, 9.17) is 9.47 Å². The van der Waals surface area contributed by atoms with Crippen molar-refractivity contribution >= 4 is 40.5 Å². The number of benzene rings is 2. The highest BCUT2D eigenvalue weighted by molar-refractivity contribution is 5.96. The fourth-order valence-corrected chi connectivity index (χ4v) is 9.83. The number of esters is 1. The molecule has 7 rings (SSSR count). The van der Waals surface area contributed by atoms with E-state index in [9.17, 15) is 29.1 Å². The average Bonchev–Trinajstić information content (AvgIpc) is 3.90. The van der Waals surface area contributed by atoms with Crippen LogP contribution in [0.5, 0.6) is 5.75 Å². The van der Waals surface area contributed by atoms with E-state index < -0.39 is 47.2 Å². The zero-order chi connectivity index (χ0) is 46.7. The van der Waals surface area contributed by atoms with Gasteiger partial charge in [-0.2, -0.15) is 0 Å². The predicted octanol–water partition coefficient (Wildman–Crippen LogP) is 5.41. The van der Waals surface area contributed by atoms with Gasteiger partial charge in [-0.25, -0.2) is 5.43 Å². The summed E-state index contributed by atoms with van der Waals surface area (Å²) < 4.78 is 14.0. The number of nitrogens with zero attached hydrogens (tertiary/aromatic N) is 5. The third-order valence-electron chi connectivity index (χ3n) is 13.0. The van der Waals surface area contributed by atoms with Gasteiger partial charge in [0.05, 0.1) is 24.8 Å². The molecule has 0 saturated carbocycles. The summed E-state index contributed by atoms with van der Waals surface area (Å²) in [5, 5.41) is 16.7. The van der Waals surface area contributed by atoms with E-state index in [1.54, 1.807) is 37.4 Å². The lowest BCUT2D eigenvalue weighted by Gasteiger charge is -2.37. The Morgan fingerprint density at radius 2 is 1.89 bits per heavy atom. The van der Waals surface area contributed by atoms with Gasteiger partial charge in [0.15, 0.2) is 0 Å². The first-order chi connectivity index (χ1) is 31.0. The quantitative estimate of drug-likeness (QED) is 0.138. The molecule has 2 fully saturated rings. The topological polar surface area (TPSA) is 176 Å². The molecule has 65 heavy (non-hydrogen) atoms. The number of aromatic hydroxyl groups is 1. The van der Waals surface area contributed by atoms with E-state index in [1.165, 1.54) is 16.0 Å². The lowest BCUT2D eigenvalue weighted by molar-refractivity contribution is -0.155. The Morgan fingerprint density at radius 1 is 1.11 bits per heavy atom. The van der Waals surface area contributed by atoms with Gasteiger partial charge in [0, 0.05) is 81.0 Å². The minimum absolute atomic E-state index is 0.00960.